The molecule has 0 aromatic heterocycles. The van der Waals surface area contributed by atoms with E-state index in [1.807, 2.05) is 20.8 Å². The van der Waals surface area contributed by atoms with Gasteiger partial charge in [-0.3, -0.25) is 0 Å². The molecule has 2 N–H and O–H groups in total. The molecule has 0 spiro atoms. The van der Waals surface area contributed by atoms with Gasteiger partial charge in [0.05, 0.1) is 0 Å². The molecule has 0 saturated heterocycles. The Hall–Kier alpha value is -1.01. The van der Waals surface area contributed by atoms with Gasteiger partial charge in [0, 0.05) is 13.1 Å². The summed E-state index contributed by atoms with van der Waals surface area (Å²) in [7, 11) is -1.42. The van der Waals surface area contributed by atoms with Crippen molar-refractivity contribution in [2.75, 3.05) is 13.1 Å². The molecule has 0 fully saturated rings. The Labute approximate surface area is 102 Å². The van der Waals surface area contributed by atoms with E-state index in [-0.39, 0.29) is 6.09 Å². The molecule has 17 heavy (non-hydrogen) atoms. The molecule has 1 amide bonds. The highest BCUT2D eigenvalue weighted by atomic mass is 16.6. The molecule has 5 nitrogen and oxygen atoms in total. The highest BCUT2D eigenvalue weighted by Crippen LogP contribution is 2.15. The maximum absolute atomic E-state index is 11.8. The Morgan fingerprint density at radius 2 is 2.12 bits per heavy atom. The molecule has 0 atom stereocenters. The fourth-order valence-corrected chi connectivity index (χ4v) is 1.62. The summed E-state index contributed by atoms with van der Waals surface area (Å²) in [6.45, 7) is 6.40. The third kappa shape index (κ3) is 4.79. The smallest absolute Gasteiger partial charge is 0.444 e. The predicted octanol–water partition coefficient (Wildman–Crippen LogP) is 0.956. The molecule has 1 heterocycles. The van der Waals surface area contributed by atoms with Gasteiger partial charge in [-0.25, -0.2) is 4.79 Å². The van der Waals surface area contributed by atoms with Crippen LogP contribution >= 0.6 is 0 Å². The minimum Gasteiger partial charge on any atom is -0.444 e. The second-order valence-corrected chi connectivity index (χ2v) is 5.18. The molecule has 1 aliphatic rings. The molecule has 0 radical (unpaired) electrons. The lowest BCUT2D eigenvalue weighted by molar-refractivity contribution is 0.0273. The third-order valence-corrected chi connectivity index (χ3v) is 2.45. The summed E-state index contributed by atoms with van der Waals surface area (Å²) in [5, 5.41) is 18.1. The SMILES string of the molecule is CC(C)(C)OC(=O)N1CC=C(B(O)O)CCC1. The van der Waals surface area contributed by atoms with Crippen molar-refractivity contribution in [1.82, 2.24) is 4.90 Å². The maximum atomic E-state index is 11.8. The zero-order valence-corrected chi connectivity index (χ0v) is 10.6. The van der Waals surface area contributed by atoms with Gasteiger partial charge >= 0.3 is 13.2 Å². The first-order chi connectivity index (χ1) is 7.79. The maximum Gasteiger partial charge on any atom is 0.483 e. The first kappa shape index (κ1) is 14.1. The summed E-state index contributed by atoms with van der Waals surface area (Å²) in [4.78, 5) is 13.4. The molecule has 0 unspecified atom stereocenters. The highest BCUT2D eigenvalue weighted by Gasteiger charge is 2.24. The minimum atomic E-state index is -1.42. The van der Waals surface area contributed by atoms with E-state index in [1.54, 1.807) is 11.0 Å². The van der Waals surface area contributed by atoms with Gasteiger partial charge in [0.1, 0.15) is 5.60 Å². The predicted molar refractivity (Wildman–Crippen MR) is 65.3 cm³/mol. The Kier molecular flexibility index (Phi) is 4.59. The normalized spacial score (nSPS) is 17.2. The molecule has 0 bridgehead atoms. The number of carbonyl (C=O) groups is 1. The van der Waals surface area contributed by atoms with E-state index in [4.69, 9.17) is 14.8 Å². The van der Waals surface area contributed by atoms with Crippen molar-refractivity contribution in [1.29, 1.82) is 0 Å². The van der Waals surface area contributed by atoms with Gasteiger partial charge in [0.2, 0.25) is 0 Å². The summed E-state index contributed by atoms with van der Waals surface area (Å²) in [6, 6.07) is 0. The number of nitrogens with zero attached hydrogens (tertiary/aromatic N) is 1. The van der Waals surface area contributed by atoms with Gasteiger partial charge < -0.3 is 19.7 Å². The van der Waals surface area contributed by atoms with Gasteiger partial charge in [0.25, 0.3) is 0 Å². The number of hydrogen-bond donors (Lipinski definition) is 2. The van der Waals surface area contributed by atoms with Crippen LogP contribution in [0, 0.1) is 0 Å². The molecule has 0 saturated carbocycles. The Balaban J connectivity index is 2.59. The third-order valence-electron chi connectivity index (χ3n) is 2.45. The summed E-state index contributed by atoms with van der Waals surface area (Å²) < 4.78 is 5.26. The largest absolute Gasteiger partial charge is 0.483 e. The zero-order chi connectivity index (χ0) is 13.1. The van der Waals surface area contributed by atoms with Crippen LogP contribution in [0.25, 0.3) is 0 Å². The van der Waals surface area contributed by atoms with Gasteiger partial charge in [-0.2, -0.15) is 0 Å². The van der Waals surface area contributed by atoms with E-state index in [2.05, 4.69) is 0 Å². The van der Waals surface area contributed by atoms with Crippen molar-refractivity contribution in [3.8, 4) is 0 Å². The number of hydrogen-bond acceptors (Lipinski definition) is 4. The van der Waals surface area contributed by atoms with Crippen LogP contribution in [0.5, 0.6) is 0 Å². The first-order valence-electron chi connectivity index (χ1n) is 5.82. The Bertz CT molecular complexity index is 309. The van der Waals surface area contributed by atoms with Crippen molar-refractivity contribution < 1.29 is 19.6 Å². The molecule has 0 aliphatic carbocycles. The fourth-order valence-electron chi connectivity index (χ4n) is 1.62. The topological polar surface area (TPSA) is 70.0 Å². The summed E-state index contributed by atoms with van der Waals surface area (Å²) >= 11 is 0. The van der Waals surface area contributed by atoms with Crippen LogP contribution in [0.1, 0.15) is 33.6 Å². The van der Waals surface area contributed by atoms with E-state index in [0.717, 1.165) is 0 Å². The van der Waals surface area contributed by atoms with E-state index < -0.39 is 12.7 Å². The van der Waals surface area contributed by atoms with Gasteiger partial charge in [-0.1, -0.05) is 6.08 Å². The van der Waals surface area contributed by atoms with Crippen LogP contribution in [0.15, 0.2) is 11.5 Å². The molecule has 1 aliphatic heterocycles. The van der Waals surface area contributed by atoms with Crippen LogP contribution in [-0.4, -0.2) is 46.9 Å². The quantitative estimate of drug-likeness (QED) is 0.670. The van der Waals surface area contributed by atoms with Crippen molar-refractivity contribution in [2.45, 2.75) is 39.2 Å². The van der Waals surface area contributed by atoms with Crippen molar-refractivity contribution in [3.63, 3.8) is 0 Å². The first-order valence-corrected chi connectivity index (χ1v) is 5.82. The lowest BCUT2D eigenvalue weighted by Crippen LogP contribution is -2.37. The standard InChI is InChI=1S/C11H20BNO4/c1-11(2,3)17-10(14)13-7-4-5-9(6-8-13)12(15)16/h6,15-16H,4-5,7-8H2,1-3H3. The van der Waals surface area contributed by atoms with Crippen molar-refractivity contribution in [3.05, 3.63) is 11.5 Å². The fraction of sp³-hybridized carbons (Fsp3) is 0.727. The van der Waals surface area contributed by atoms with E-state index >= 15 is 0 Å². The van der Waals surface area contributed by atoms with E-state index in [0.29, 0.717) is 31.4 Å². The lowest BCUT2D eigenvalue weighted by atomic mass is 9.77. The average Bonchev–Trinajstić information content (AvgIpc) is 2.39. The van der Waals surface area contributed by atoms with E-state index in [1.165, 1.54) is 0 Å². The van der Waals surface area contributed by atoms with Crippen LogP contribution in [0.3, 0.4) is 0 Å². The highest BCUT2D eigenvalue weighted by molar-refractivity contribution is 6.50. The second-order valence-electron chi connectivity index (χ2n) is 5.18. The Morgan fingerprint density at radius 1 is 1.47 bits per heavy atom. The van der Waals surface area contributed by atoms with Gasteiger partial charge in [-0.05, 0) is 39.1 Å². The van der Waals surface area contributed by atoms with Crippen LogP contribution in [-0.2, 0) is 4.74 Å². The van der Waals surface area contributed by atoms with Crippen LogP contribution in [0.4, 0.5) is 4.79 Å². The minimum absolute atomic E-state index is 0.359. The lowest BCUT2D eigenvalue weighted by Gasteiger charge is -2.25. The number of allylic oxidation sites excluding steroid dienone is 1. The molecule has 96 valence electrons. The average molecular weight is 241 g/mol. The molecule has 1 rings (SSSR count). The molecule has 0 aromatic rings. The number of rotatable bonds is 1. The summed E-state index contributed by atoms with van der Waals surface area (Å²) in [5.74, 6) is 0. The number of amides is 1. The Morgan fingerprint density at radius 3 is 2.65 bits per heavy atom. The van der Waals surface area contributed by atoms with Crippen molar-refractivity contribution in [2.24, 2.45) is 0 Å². The summed E-state index contributed by atoms with van der Waals surface area (Å²) in [6.07, 6.45) is 2.63. The molecule has 6 heteroatoms. The molecular formula is C11H20BNO4. The molecular weight excluding hydrogens is 221 g/mol. The molecule has 0 aromatic carbocycles. The van der Waals surface area contributed by atoms with Gasteiger partial charge in [0.15, 0.2) is 0 Å². The van der Waals surface area contributed by atoms with Crippen molar-refractivity contribution >= 4 is 13.2 Å². The van der Waals surface area contributed by atoms with Gasteiger partial charge in [-0.15, -0.1) is 0 Å². The van der Waals surface area contributed by atoms with Crippen LogP contribution in [0.2, 0.25) is 0 Å². The monoisotopic (exact) mass is 241 g/mol. The van der Waals surface area contributed by atoms with E-state index in [9.17, 15) is 4.79 Å². The number of ether oxygens (including phenoxy) is 1. The van der Waals surface area contributed by atoms with Crippen LogP contribution < -0.4 is 0 Å². The zero-order valence-electron chi connectivity index (χ0n) is 10.6. The number of carbonyl (C=O) groups excluding carboxylic acids is 1. The second kappa shape index (κ2) is 5.55. The summed E-state index contributed by atoms with van der Waals surface area (Å²) in [5.41, 5.74) is 0.0583.